The summed E-state index contributed by atoms with van der Waals surface area (Å²) in [5, 5.41) is 4.19. The van der Waals surface area contributed by atoms with Crippen molar-refractivity contribution in [2.24, 2.45) is 4.99 Å². The number of hydrogen-bond donors (Lipinski definition) is 2. The maximum atomic E-state index is 6.14. The Morgan fingerprint density at radius 2 is 1.94 bits per heavy atom. The lowest BCUT2D eigenvalue weighted by Crippen LogP contribution is -2.38. The number of hydrogen-bond acceptors (Lipinski definition) is 4. The van der Waals surface area contributed by atoms with Gasteiger partial charge in [0, 0.05) is 18.3 Å². The van der Waals surface area contributed by atoms with Crippen LogP contribution >= 0.6 is 23.2 Å². The van der Waals surface area contributed by atoms with Crippen LogP contribution in [-0.4, -0.2) is 30.0 Å². The van der Waals surface area contributed by atoms with Crippen molar-refractivity contribution in [1.29, 1.82) is 0 Å². The summed E-state index contributed by atoms with van der Waals surface area (Å²) in [6.45, 7) is 5.93. The zero-order chi connectivity index (χ0) is 13.3. The fraction of sp³-hybridized carbons (Fsp3) is 0.417. The molecule has 1 aromatic carbocycles. The van der Waals surface area contributed by atoms with Crippen LogP contribution in [0.25, 0.3) is 0 Å². The molecule has 0 amide bonds. The number of aliphatic imine (C=N–C) groups is 1. The van der Waals surface area contributed by atoms with Gasteiger partial charge in [0.25, 0.3) is 0 Å². The number of guanidine groups is 1. The van der Waals surface area contributed by atoms with Gasteiger partial charge in [-0.3, -0.25) is 4.99 Å². The standard InChI is InChI=1S/C12H16Cl2N4/c1-7(2)18-4-3-16-12(18)17-11-9(13)5-8(15)6-10(11)14/h5-7H,3-4,15H2,1-2H3,(H,16,17). The molecule has 1 aromatic rings. The minimum atomic E-state index is 0.380. The highest BCUT2D eigenvalue weighted by Gasteiger charge is 2.21. The van der Waals surface area contributed by atoms with E-state index < -0.39 is 0 Å². The first kappa shape index (κ1) is 13.3. The molecule has 0 saturated carbocycles. The van der Waals surface area contributed by atoms with Gasteiger partial charge in [0.05, 0.1) is 22.3 Å². The van der Waals surface area contributed by atoms with Crippen LogP contribution in [0.3, 0.4) is 0 Å². The molecule has 1 heterocycles. The third-order valence-electron chi connectivity index (χ3n) is 2.80. The van der Waals surface area contributed by atoms with Crippen molar-refractivity contribution in [3.05, 3.63) is 22.2 Å². The molecule has 98 valence electrons. The minimum Gasteiger partial charge on any atom is -0.399 e. The molecule has 0 spiro atoms. The molecule has 0 radical (unpaired) electrons. The monoisotopic (exact) mass is 286 g/mol. The third kappa shape index (κ3) is 2.65. The lowest BCUT2D eigenvalue weighted by atomic mass is 10.3. The van der Waals surface area contributed by atoms with E-state index in [0.717, 1.165) is 19.0 Å². The van der Waals surface area contributed by atoms with E-state index in [4.69, 9.17) is 28.9 Å². The van der Waals surface area contributed by atoms with E-state index in [2.05, 4.69) is 29.1 Å². The van der Waals surface area contributed by atoms with Gasteiger partial charge < -0.3 is 16.0 Å². The number of nitrogen functional groups attached to an aromatic ring is 1. The lowest BCUT2D eigenvalue weighted by Gasteiger charge is -2.25. The minimum absolute atomic E-state index is 0.380. The van der Waals surface area contributed by atoms with Crippen molar-refractivity contribution >= 4 is 40.5 Å². The van der Waals surface area contributed by atoms with Crippen molar-refractivity contribution in [2.75, 3.05) is 24.1 Å². The Bertz CT molecular complexity index is 462. The largest absolute Gasteiger partial charge is 0.399 e. The van der Waals surface area contributed by atoms with Crippen molar-refractivity contribution < 1.29 is 0 Å². The number of nitrogens with one attached hydrogen (secondary N) is 1. The van der Waals surface area contributed by atoms with Gasteiger partial charge in [0.1, 0.15) is 0 Å². The second-order valence-corrected chi connectivity index (χ2v) is 5.29. The molecule has 0 saturated heterocycles. The van der Waals surface area contributed by atoms with Gasteiger partial charge >= 0.3 is 0 Å². The maximum Gasteiger partial charge on any atom is 0.198 e. The Balaban J connectivity index is 2.25. The summed E-state index contributed by atoms with van der Waals surface area (Å²) in [5.41, 5.74) is 6.87. The summed E-state index contributed by atoms with van der Waals surface area (Å²) in [6, 6.07) is 3.72. The number of rotatable bonds is 2. The predicted octanol–water partition coefficient (Wildman–Crippen LogP) is 3.07. The average molecular weight is 287 g/mol. The molecule has 3 N–H and O–H groups in total. The third-order valence-corrected chi connectivity index (χ3v) is 3.40. The smallest absolute Gasteiger partial charge is 0.198 e. The molecule has 2 rings (SSSR count). The quantitative estimate of drug-likeness (QED) is 0.822. The highest BCUT2D eigenvalue weighted by Crippen LogP contribution is 2.33. The zero-order valence-corrected chi connectivity index (χ0v) is 11.9. The second-order valence-electron chi connectivity index (χ2n) is 4.48. The molecule has 18 heavy (non-hydrogen) atoms. The fourth-order valence-corrected chi connectivity index (χ4v) is 2.50. The van der Waals surface area contributed by atoms with Gasteiger partial charge in [-0.1, -0.05) is 23.2 Å². The van der Waals surface area contributed by atoms with Crippen molar-refractivity contribution in [2.45, 2.75) is 19.9 Å². The molecule has 0 aliphatic carbocycles. The molecule has 6 heteroatoms. The highest BCUT2D eigenvalue weighted by molar-refractivity contribution is 6.40. The summed E-state index contributed by atoms with van der Waals surface area (Å²) < 4.78 is 0. The van der Waals surface area contributed by atoms with Crippen LogP contribution in [0.15, 0.2) is 17.1 Å². The van der Waals surface area contributed by atoms with Crippen molar-refractivity contribution in [1.82, 2.24) is 4.90 Å². The van der Waals surface area contributed by atoms with Crippen LogP contribution < -0.4 is 11.1 Å². The van der Waals surface area contributed by atoms with E-state index in [9.17, 15) is 0 Å². The molecule has 4 nitrogen and oxygen atoms in total. The molecule has 1 aliphatic heterocycles. The average Bonchev–Trinajstić information content (AvgIpc) is 2.71. The second kappa shape index (κ2) is 5.24. The van der Waals surface area contributed by atoms with Crippen molar-refractivity contribution in [3.63, 3.8) is 0 Å². The first-order valence-electron chi connectivity index (χ1n) is 5.81. The fourth-order valence-electron chi connectivity index (χ4n) is 1.90. The van der Waals surface area contributed by atoms with Gasteiger partial charge in [0.15, 0.2) is 5.96 Å². The van der Waals surface area contributed by atoms with Crippen LogP contribution in [0.5, 0.6) is 0 Å². The van der Waals surface area contributed by atoms with Gasteiger partial charge in [-0.25, -0.2) is 0 Å². The number of nitrogens with two attached hydrogens (primary N) is 1. The topological polar surface area (TPSA) is 53.6 Å². The molecule has 0 unspecified atom stereocenters. The Morgan fingerprint density at radius 1 is 1.33 bits per heavy atom. The first-order chi connectivity index (χ1) is 8.49. The molecule has 0 aromatic heterocycles. The number of nitrogens with zero attached hydrogens (tertiary/aromatic N) is 2. The van der Waals surface area contributed by atoms with E-state index >= 15 is 0 Å². The molecule has 0 bridgehead atoms. The SMILES string of the molecule is CC(C)N1CCN=C1Nc1c(Cl)cc(N)cc1Cl. The Labute approximate surface area is 117 Å². The Hall–Kier alpha value is -1.13. The van der Waals surface area contributed by atoms with E-state index in [-0.39, 0.29) is 0 Å². The van der Waals surface area contributed by atoms with Crippen LogP contribution in [0.1, 0.15) is 13.8 Å². The van der Waals surface area contributed by atoms with Crippen LogP contribution in [0.4, 0.5) is 11.4 Å². The van der Waals surface area contributed by atoms with Crippen LogP contribution in [0.2, 0.25) is 10.0 Å². The Morgan fingerprint density at radius 3 is 2.50 bits per heavy atom. The summed E-state index contributed by atoms with van der Waals surface area (Å²) in [7, 11) is 0. The molecule has 0 fully saturated rings. The van der Waals surface area contributed by atoms with Gasteiger partial charge in [-0.15, -0.1) is 0 Å². The van der Waals surface area contributed by atoms with E-state index in [1.807, 2.05) is 0 Å². The normalized spacial score (nSPS) is 15.2. The zero-order valence-electron chi connectivity index (χ0n) is 10.4. The highest BCUT2D eigenvalue weighted by atomic mass is 35.5. The number of benzene rings is 1. The van der Waals surface area contributed by atoms with Gasteiger partial charge in [-0.2, -0.15) is 0 Å². The lowest BCUT2D eigenvalue weighted by molar-refractivity contribution is 0.380. The van der Waals surface area contributed by atoms with E-state index in [1.165, 1.54) is 0 Å². The summed E-state index contributed by atoms with van der Waals surface area (Å²) >= 11 is 12.3. The molecular formula is C12H16Cl2N4. The molecular weight excluding hydrogens is 271 g/mol. The number of anilines is 2. The van der Waals surface area contributed by atoms with Crippen molar-refractivity contribution in [3.8, 4) is 0 Å². The molecule has 1 aliphatic rings. The number of halogens is 2. The predicted molar refractivity (Wildman–Crippen MR) is 78.6 cm³/mol. The summed E-state index contributed by atoms with van der Waals surface area (Å²) in [4.78, 5) is 6.59. The first-order valence-corrected chi connectivity index (χ1v) is 6.57. The maximum absolute atomic E-state index is 6.14. The summed E-state index contributed by atoms with van der Waals surface area (Å²) in [5.74, 6) is 0.804. The van der Waals surface area contributed by atoms with Crippen LogP contribution in [-0.2, 0) is 0 Å². The Kier molecular flexibility index (Phi) is 3.88. The van der Waals surface area contributed by atoms with Crippen LogP contribution in [0, 0.1) is 0 Å². The molecule has 0 atom stereocenters. The van der Waals surface area contributed by atoms with E-state index in [1.54, 1.807) is 12.1 Å². The van der Waals surface area contributed by atoms with E-state index in [0.29, 0.717) is 27.5 Å². The van der Waals surface area contributed by atoms with Gasteiger partial charge in [0.2, 0.25) is 0 Å². The van der Waals surface area contributed by atoms with Gasteiger partial charge in [-0.05, 0) is 26.0 Å². The summed E-state index contributed by atoms with van der Waals surface area (Å²) in [6.07, 6.45) is 0.